The van der Waals surface area contributed by atoms with Crippen LogP contribution in [0.15, 0.2) is 6.20 Å². The predicted octanol–water partition coefficient (Wildman–Crippen LogP) is 1.21. The third-order valence-corrected chi connectivity index (χ3v) is 4.56. The summed E-state index contributed by atoms with van der Waals surface area (Å²) in [6, 6.07) is 0. The molecule has 0 spiro atoms. The largest absolute Gasteiger partial charge is 0.312 e. The van der Waals surface area contributed by atoms with Crippen LogP contribution < -0.4 is 10.5 Å². The number of nitrogens with zero attached hydrogens (tertiary/aromatic N) is 1. The van der Waals surface area contributed by atoms with E-state index in [9.17, 15) is 8.42 Å². The highest BCUT2D eigenvalue weighted by molar-refractivity contribution is 7.89. The summed E-state index contributed by atoms with van der Waals surface area (Å²) < 4.78 is 21.4. The lowest BCUT2D eigenvalue weighted by molar-refractivity contribution is 0.585. The molecule has 0 aliphatic carbocycles. The molecular formula is C11H21N3O2S2. The quantitative estimate of drug-likeness (QED) is 0.771. The van der Waals surface area contributed by atoms with Gasteiger partial charge in [0.05, 0.1) is 10.8 Å². The van der Waals surface area contributed by atoms with Crippen LogP contribution in [-0.2, 0) is 22.0 Å². The van der Waals surface area contributed by atoms with Crippen LogP contribution >= 0.6 is 11.3 Å². The number of primary sulfonamides is 1. The van der Waals surface area contributed by atoms with Crippen LogP contribution in [0.1, 0.15) is 37.1 Å². The molecule has 3 N–H and O–H groups in total. The zero-order valence-electron chi connectivity index (χ0n) is 11.1. The Balaban J connectivity index is 2.30. The van der Waals surface area contributed by atoms with Crippen molar-refractivity contribution in [1.29, 1.82) is 0 Å². The van der Waals surface area contributed by atoms with E-state index < -0.39 is 10.0 Å². The zero-order chi connectivity index (χ0) is 13.8. The lowest BCUT2D eigenvalue weighted by atomic mass is 9.98. The third-order valence-electron chi connectivity index (χ3n) is 2.28. The highest BCUT2D eigenvalue weighted by atomic mass is 32.2. The molecule has 0 atom stereocenters. The summed E-state index contributed by atoms with van der Waals surface area (Å²) in [7, 11) is -3.33. The van der Waals surface area contributed by atoms with Gasteiger partial charge in [0, 0.05) is 23.0 Å². The minimum atomic E-state index is -3.33. The molecule has 104 valence electrons. The maximum absolute atomic E-state index is 10.7. The summed E-state index contributed by atoms with van der Waals surface area (Å²) in [6.45, 7) is 7.76. The molecule has 0 aliphatic rings. The Morgan fingerprint density at radius 1 is 1.44 bits per heavy atom. The van der Waals surface area contributed by atoms with Crippen molar-refractivity contribution in [1.82, 2.24) is 10.3 Å². The molecule has 0 bridgehead atoms. The van der Waals surface area contributed by atoms with E-state index in [1.165, 1.54) is 0 Å². The van der Waals surface area contributed by atoms with Gasteiger partial charge in [-0.25, -0.2) is 18.5 Å². The number of hydrogen-bond acceptors (Lipinski definition) is 5. The molecule has 0 aliphatic heterocycles. The molecule has 0 aromatic carbocycles. The van der Waals surface area contributed by atoms with E-state index in [1.807, 2.05) is 6.20 Å². The van der Waals surface area contributed by atoms with Crippen molar-refractivity contribution in [3.05, 3.63) is 16.1 Å². The van der Waals surface area contributed by atoms with Gasteiger partial charge in [0.25, 0.3) is 0 Å². The molecule has 0 amide bonds. The Labute approximate surface area is 113 Å². The number of rotatable bonds is 6. The van der Waals surface area contributed by atoms with Crippen molar-refractivity contribution >= 4 is 21.4 Å². The fraction of sp³-hybridized carbons (Fsp3) is 0.727. The molecule has 0 fully saturated rings. The molecule has 5 nitrogen and oxygen atoms in total. The topological polar surface area (TPSA) is 85.1 Å². The first-order chi connectivity index (χ1) is 8.18. The van der Waals surface area contributed by atoms with E-state index in [0.29, 0.717) is 13.0 Å². The van der Waals surface area contributed by atoms with Crippen molar-refractivity contribution in [2.45, 2.75) is 39.2 Å². The Bertz CT molecular complexity index is 475. The second-order valence-corrected chi connectivity index (χ2v) is 8.13. The van der Waals surface area contributed by atoms with Crippen LogP contribution in [-0.4, -0.2) is 25.7 Å². The highest BCUT2D eigenvalue weighted by Crippen LogP contribution is 2.26. The van der Waals surface area contributed by atoms with Crippen molar-refractivity contribution < 1.29 is 8.42 Å². The van der Waals surface area contributed by atoms with Gasteiger partial charge in [0.2, 0.25) is 10.0 Å². The number of nitrogens with one attached hydrogen (secondary N) is 1. The van der Waals surface area contributed by atoms with Gasteiger partial charge in [-0.2, -0.15) is 0 Å². The lowest BCUT2D eigenvalue weighted by Gasteiger charge is -2.13. The first-order valence-corrected chi connectivity index (χ1v) is 8.38. The van der Waals surface area contributed by atoms with E-state index in [2.05, 4.69) is 31.1 Å². The SMILES string of the molecule is CC(C)(C)c1ncc(CNCCCS(N)(=O)=O)s1. The Morgan fingerprint density at radius 3 is 2.61 bits per heavy atom. The van der Waals surface area contributed by atoms with Crippen molar-refractivity contribution in [2.24, 2.45) is 5.14 Å². The molecule has 0 saturated carbocycles. The van der Waals surface area contributed by atoms with Crippen molar-refractivity contribution in [2.75, 3.05) is 12.3 Å². The standard InChI is InChI=1S/C11H21N3O2S2/c1-11(2,3)10-14-8-9(17-10)7-13-5-4-6-18(12,15)16/h8,13H,4-7H2,1-3H3,(H2,12,15,16). The fourth-order valence-corrected chi connectivity index (χ4v) is 2.83. The second kappa shape index (κ2) is 6.10. The minimum Gasteiger partial charge on any atom is -0.312 e. The van der Waals surface area contributed by atoms with Crippen LogP contribution in [0.3, 0.4) is 0 Å². The summed E-state index contributed by atoms with van der Waals surface area (Å²) in [5.41, 5.74) is 0.0799. The molecule has 7 heteroatoms. The normalized spacial score (nSPS) is 12.9. The van der Waals surface area contributed by atoms with Gasteiger partial charge in [-0.05, 0) is 13.0 Å². The monoisotopic (exact) mass is 291 g/mol. The van der Waals surface area contributed by atoms with Gasteiger partial charge in [-0.15, -0.1) is 11.3 Å². The molecule has 0 saturated heterocycles. The van der Waals surface area contributed by atoms with Crippen LogP contribution in [0, 0.1) is 0 Å². The van der Waals surface area contributed by atoms with Gasteiger partial charge in [0.1, 0.15) is 0 Å². The van der Waals surface area contributed by atoms with E-state index in [0.717, 1.165) is 16.4 Å². The average Bonchev–Trinajstić information content (AvgIpc) is 2.63. The minimum absolute atomic E-state index is 0.0237. The molecular weight excluding hydrogens is 270 g/mol. The average molecular weight is 291 g/mol. The number of aromatic nitrogens is 1. The van der Waals surface area contributed by atoms with Crippen LogP contribution in [0.5, 0.6) is 0 Å². The molecule has 1 aromatic rings. The zero-order valence-corrected chi connectivity index (χ0v) is 12.7. The van der Waals surface area contributed by atoms with E-state index >= 15 is 0 Å². The number of sulfonamides is 1. The molecule has 0 unspecified atom stereocenters. The van der Waals surface area contributed by atoms with E-state index in [4.69, 9.17) is 5.14 Å². The first-order valence-electron chi connectivity index (χ1n) is 5.85. The molecule has 1 aromatic heterocycles. The number of hydrogen-bond donors (Lipinski definition) is 2. The summed E-state index contributed by atoms with van der Waals surface area (Å²) in [5.74, 6) is 0.0237. The smallest absolute Gasteiger partial charge is 0.209 e. The Morgan fingerprint density at radius 2 is 2.11 bits per heavy atom. The van der Waals surface area contributed by atoms with E-state index in [-0.39, 0.29) is 11.2 Å². The number of thiazole rings is 1. The predicted molar refractivity (Wildman–Crippen MR) is 75.1 cm³/mol. The molecule has 1 rings (SSSR count). The first kappa shape index (κ1) is 15.6. The van der Waals surface area contributed by atoms with Crippen LogP contribution in [0.4, 0.5) is 0 Å². The van der Waals surface area contributed by atoms with Crippen LogP contribution in [0.25, 0.3) is 0 Å². The lowest BCUT2D eigenvalue weighted by Crippen LogP contribution is -2.21. The Kier molecular flexibility index (Phi) is 5.27. The fourth-order valence-electron chi connectivity index (χ4n) is 1.35. The highest BCUT2D eigenvalue weighted by Gasteiger charge is 2.17. The van der Waals surface area contributed by atoms with Gasteiger partial charge >= 0.3 is 0 Å². The summed E-state index contributed by atoms with van der Waals surface area (Å²) in [4.78, 5) is 5.55. The van der Waals surface area contributed by atoms with Crippen molar-refractivity contribution in [3.63, 3.8) is 0 Å². The molecule has 1 heterocycles. The van der Waals surface area contributed by atoms with Gasteiger partial charge in [-0.3, -0.25) is 0 Å². The molecule has 0 radical (unpaired) electrons. The summed E-state index contributed by atoms with van der Waals surface area (Å²) >= 11 is 1.69. The van der Waals surface area contributed by atoms with Crippen LogP contribution in [0.2, 0.25) is 0 Å². The molecule has 18 heavy (non-hydrogen) atoms. The summed E-state index contributed by atoms with van der Waals surface area (Å²) in [5, 5.41) is 9.22. The van der Waals surface area contributed by atoms with Gasteiger partial charge in [-0.1, -0.05) is 20.8 Å². The summed E-state index contributed by atoms with van der Waals surface area (Å²) in [6.07, 6.45) is 2.40. The van der Waals surface area contributed by atoms with Gasteiger partial charge in [0.15, 0.2) is 0 Å². The number of nitrogens with two attached hydrogens (primary N) is 1. The van der Waals surface area contributed by atoms with Crippen molar-refractivity contribution in [3.8, 4) is 0 Å². The maximum Gasteiger partial charge on any atom is 0.209 e. The maximum atomic E-state index is 10.7. The third kappa shape index (κ3) is 5.90. The van der Waals surface area contributed by atoms with Gasteiger partial charge < -0.3 is 5.32 Å². The van der Waals surface area contributed by atoms with E-state index in [1.54, 1.807) is 11.3 Å². The Hall–Kier alpha value is -0.500. The second-order valence-electron chi connectivity index (χ2n) is 5.28.